The highest BCUT2D eigenvalue weighted by molar-refractivity contribution is 5.81. The average molecular weight is 218 g/mol. The van der Waals surface area contributed by atoms with E-state index in [0.29, 0.717) is 6.54 Å². The van der Waals surface area contributed by atoms with E-state index in [-0.39, 0.29) is 11.6 Å². The molecule has 1 heterocycles. The van der Waals surface area contributed by atoms with Gasteiger partial charge < -0.3 is 4.90 Å². The zero-order valence-electron chi connectivity index (χ0n) is 10.1. The van der Waals surface area contributed by atoms with E-state index in [4.69, 9.17) is 0 Å². The highest BCUT2D eigenvalue weighted by atomic mass is 16.2. The van der Waals surface area contributed by atoms with Gasteiger partial charge in [-0.15, -0.1) is 0 Å². The van der Waals surface area contributed by atoms with Crippen molar-refractivity contribution in [2.24, 2.45) is 0 Å². The second-order valence-electron chi connectivity index (χ2n) is 4.79. The third-order valence-electron chi connectivity index (χ3n) is 3.51. The number of carbonyl (C=O) groups is 1. The Morgan fingerprint density at radius 2 is 1.88 bits per heavy atom. The monoisotopic (exact) mass is 218 g/mol. The summed E-state index contributed by atoms with van der Waals surface area (Å²) in [6.45, 7) is 5.50. The third kappa shape index (κ3) is 1.83. The molecule has 1 aromatic rings. The fourth-order valence-electron chi connectivity index (χ4n) is 2.03. The van der Waals surface area contributed by atoms with E-state index >= 15 is 0 Å². The van der Waals surface area contributed by atoms with Crippen molar-refractivity contribution in [3.8, 4) is 0 Å². The SMILES string of the molecule is CN1C(=O)CN(Cc2ccccc2)C1(C)C. The molecule has 0 radical (unpaired) electrons. The fraction of sp³-hybridized carbons (Fsp3) is 0.462. The third-order valence-corrected chi connectivity index (χ3v) is 3.51. The van der Waals surface area contributed by atoms with E-state index in [1.54, 1.807) is 0 Å². The molecule has 1 aliphatic rings. The highest BCUT2D eigenvalue weighted by Crippen LogP contribution is 2.26. The van der Waals surface area contributed by atoms with Crippen LogP contribution in [-0.4, -0.2) is 35.0 Å². The molecule has 2 rings (SSSR count). The van der Waals surface area contributed by atoms with Crippen molar-refractivity contribution in [3.05, 3.63) is 35.9 Å². The first-order valence-electron chi connectivity index (χ1n) is 5.57. The average Bonchev–Trinajstić information content (AvgIpc) is 2.45. The predicted molar refractivity (Wildman–Crippen MR) is 63.7 cm³/mol. The van der Waals surface area contributed by atoms with Gasteiger partial charge in [0.25, 0.3) is 0 Å². The van der Waals surface area contributed by atoms with Gasteiger partial charge in [-0.1, -0.05) is 30.3 Å². The topological polar surface area (TPSA) is 23.6 Å². The van der Waals surface area contributed by atoms with E-state index in [0.717, 1.165) is 6.54 Å². The lowest BCUT2D eigenvalue weighted by Crippen LogP contribution is -2.46. The van der Waals surface area contributed by atoms with Crippen LogP contribution in [0.4, 0.5) is 0 Å². The summed E-state index contributed by atoms with van der Waals surface area (Å²) in [6.07, 6.45) is 0. The summed E-state index contributed by atoms with van der Waals surface area (Å²) in [6, 6.07) is 10.3. The number of amides is 1. The summed E-state index contributed by atoms with van der Waals surface area (Å²) in [4.78, 5) is 15.7. The van der Waals surface area contributed by atoms with Gasteiger partial charge in [-0.2, -0.15) is 0 Å². The summed E-state index contributed by atoms with van der Waals surface area (Å²) in [5, 5.41) is 0. The lowest BCUT2D eigenvalue weighted by atomic mass is 10.1. The molecule has 3 nitrogen and oxygen atoms in total. The second kappa shape index (κ2) is 3.91. The van der Waals surface area contributed by atoms with Gasteiger partial charge in [-0.05, 0) is 19.4 Å². The van der Waals surface area contributed by atoms with Crippen molar-refractivity contribution in [3.63, 3.8) is 0 Å². The van der Waals surface area contributed by atoms with Crippen molar-refractivity contribution >= 4 is 5.91 Å². The number of benzene rings is 1. The maximum Gasteiger partial charge on any atom is 0.238 e. The maximum absolute atomic E-state index is 11.7. The Morgan fingerprint density at radius 3 is 2.38 bits per heavy atom. The van der Waals surface area contributed by atoms with Gasteiger partial charge in [-0.3, -0.25) is 9.69 Å². The van der Waals surface area contributed by atoms with Crippen LogP contribution in [-0.2, 0) is 11.3 Å². The first kappa shape index (κ1) is 11.1. The van der Waals surface area contributed by atoms with Crippen LogP contribution < -0.4 is 0 Å². The summed E-state index contributed by atoms with van der Waals surface area (Å²) < 4.78 is 0. The lowest BCUT2D eigenvalue weighted by Gasteiger charge is -2.35. The first-order valence-corrected chi connectivity index (χ1v) is 5.57. The number of hydrogen-bond acceptors (Lipinski definition) is 2. The van der Waals surface area contributed by atoms with Crippen LogP contribution in [0.25, 0.3) is 0 Å². The molecule has 16 heavy (non-hydrogen) atoms. The maximum atomic E-state index is 11.7. The molecule has 0 spiro atoms. The molecule has 1 fully saturated rings. The smallest absolute Gasteiger partial charge is 0.238 e. The zero-order valence-corrected chi connectivity index (χ0v) is 10.1. The summed E-state index contributed by atoms with van der Waals surface area (Å²) in [7, 11) is 1.87. The van der Waals surface area contributed by atoms with Crippen LogP contribution in [0.1, 0.15) is 19.4 Å². The minimum atomic E-state index is -0.188. The Kier molecular flexibility index (Phi) is 2.72. The largest absolute Gasteiger partial charge is 0.327 e. The molecule has 1 aliphatic heterocycles. The number of hydrogen-bond donors (Lipinski definition) is 0. The van der Waals surface area contributed by atoms with Gasteiger partial charge in [0.2, 0.25) is 5.91 Å². The van der Waals surface area contributed by atoms with Crippen LogP contribution in [0, 0.1) is 0 Å². The molecule has 86 valence electrons. The molecule has 0 atom stereocenters. The van der Waals surface area contributed by atoms with E-state index in [1.807, 2.05) is 30.1 Å². The van der Waals surface area contributed by atoms with Crippen LogP contribution in [0.2, 0.25) is 0 Å². The number of nitrogens with zero attached hydrogens (tertiary/aromatic N) is 2. The van der Waals surface area contributed by atoms with Gasteiger partial charge >= 0.3 is 0 Å². The Hall–Kier alpha value is -1.35. The molecule has 0 unspecified atom stereocenters. The van der Waals surface area contributed by atoms with Crippen LogP contribution in [0.5, 0.6) is 0 Å². The van der Waals surface area contributed by atoms with Crippen LogP contribution >= 0.6 is 0 Å². The van der Waals surface area contributed by atoms with Crippen LogP contribution in [0.15, 0.2) is 30.3 Å². The molecule has 1 aromatic carbocycles. The normalized spacial score (nSPS) is 20.4. The minimum Gasteiger partial charge on any atom is -0.327 e. The quantitative estimate of drug-likeness (QED) is 0.754. The molecule has 3 heteroatoms. The number of rotatable bonds is 2. The Balaban J connectivity index is 2.15. The number of likely N-dealkylation sites (N-methyl/N-ethyl adjacent to an activating group) is 1. The molecule has 1 amide bonds. The molecule has 0 bridgehead atoms. The second-order valence-corrected chi connectivity index (χ2v) is 4.79. The van der Waals surface area contributed by atoms with Crippen molar-refractivity contribution in [1.29, 1.82) is 0 Å². The molecule has 0 aliphatic carbocycles. The standard InChI is InChI=1S/C13H18N2O/c1-13(2)14(3)12(16)10-15(13)9-11-7-5-4-6-8-11/h4-8H,9-10H2,1-3H3. The summed E-state index contributed by atoms with van der Waals surface area (Å²) >= 11 is 0. The molecular weight excluding hydrogens is 200 g/mol. The fourth-order valence-corrected chi connectivity index (χ4v) is 2.03. The molecular formula is C13H18N2O. The molecule has 0 saturated carbocycles. The first-order chi connectivity index (χ1) is 7.51. The molecule has 0 N–H and O–H groups in total. The van der Waals surface area contributed by atoms with Crippen molar-refractivity contribution < 1.29 is 4.79 Å². The van der Waals surface area contributed by atoms with Crippen molar-refractivity contribution in [2.45, 2.75) is 26.1 Å². The van der Waals surface area contributed by atoms with Gasteiger partial charge in [0.1, 0.15) is 0 Å². The Morgan fingerprint density at radius 1 is 1.25 bits per heavy atom. The summed E-state index contributed by atoms with van der Waals surface area (Å²) in [5.41, 5.74) is 1.06. The molecule has 0 aromatic heterocycles. The van der Waals surface area contributed by atoms with Crippen molar-refractivity contribution in [2.75, 3.05) is 13.6 Å². The lowest BCUT2D eigenvalue weighted by molar-refractivity contribution is -0.128. The van der Waals surface area contributed by atoms with Gasteiger partial charge in [-0.25, -0.2) is 0 Å². The van der Waals surface area contributed by atoms with E-state index < -0.39 is 0 Å². The highest BCUT2D eigenvalue weighted by Gasteiger charge is 2.41. The Labute approximate surface area is 96.7 Å². The summed E-state index contributed by atoms with van der Waals surface area (Å²) in [5.74, 6) is 0.195. The van der Waals surface area contributed by atoms with E-state index in [2.05, 4.69) is 30.9 Å². The van der Waals surface area contributed by atoms with E-state index in [9.17, 15) is 4.79 Å². The number of carbonyl (C=O) groups excluding carboxylic acids is 1. The molecule has 1 saturated heterocycles. The van der Waals surface area contributed by atoms with Crippen molar-refractivity contribution in [1.82, 2.24) is 9.80 Å². The van der Waals surface area contributed by atoms with Crippen LogP contribution in [0.3, 0.4) is 0 Å². The minimum absolute atomic E-state index is 0.188. The van der Waals surface area contributed by atoms with Gasteiger partial charge in [0, 0.05) is 13.6 Å². The van der Waals surface area contributed by atoms with Gasteiger partial charge in [0.15, 0.2) is 0 Å². The zero-order chi connectivity index (χ0) is 11.8. The van der Waals surface area contributed by atoms with E-state index in [1.165, 1.54) is 5.56 Å². The van der Waals surface area contributed by atoms with Gasteiger partial charge in [0.05, 0.1) is 12.2 Å². The Bertz CT molecular complexity index is 386. The predicted octanol–water partition coefficient (Wildman–Crippen LogP) is 1.70.